The van der Waals surface area contributed by atoms with Gasteiger partial charge < -0.3 is 10.1 Å². The molecule has 0 saturated carbocycles. The zero-order valence-corrected chi connectivity index (χ0v) is 16.8. The average molecular weight is 354 g/mol. The Balaban J connectivity index is 1.96. The molecule has 0 heterocycles. The molecule has 2 aromatic carbocycles. The summed E-state index contributed by atoms with van der Waals surface area (Å²) < 4.78 is 5.44. The Bertz CT molecular complexity index is 751. The predicted molar refractivity (Wildman–Crippen MR) is 107 cm³/mol. The van der Waals surface area contributed by atoms with E-state index >= 15 is 0 Å². The smallest absolute Gasteiger partial charge is 0.338 e. The first-order valence-corrected chi connectivity index (χ1v) is 9.17. The number of hydrogen-bond acceptors (Lipinski definition) is 3. The van der Waals surface area contributed by atoms with Crippen molar-refractivity contribution < 1.29 is 9.53 Å². The Labute approximate surface area is 157 Å². The van der Waals surface area contributed by atoms with Gasteiger partial charge in [0.1, 0.15) is 5.60 Å². The summed E-state index contributed by atoms with van der Waals surface area (Å²) in [5.74, 6) is -0.280. The number of carbonyl (C=O) groups is 1. The molecule has 0 aliphatic rings. The van der Waals surface area contributed by atoms with Crippen molar-refractivity contribution in [2.45, 2.75) is 65.6 Å². The lowest BCUT2D eigenvalue weighted by Crippen LogP contribution is -2.24. The van der Waals surface area contributed by atoms with Crippen molar-refractivity contribution in [1.29, 1.82) is 0 Å². The molecule has 0 spiro atoms. The van der Waals surface area contributed by atoms with Crippen LogP contribution in [0.4, 0.5) is 0 Å². The zero-order chi connectivity index (χ0) is 19.4. The van der Waals surface area contributed by atoms with Crippen molar-refractivity contribution in [3.8, 4) is 0 Å². The minimum absolute atomic E-state index is 0.151. The molecule has 0 unspecified atom stereocenters. The topological polar surface area (TPSA) is 38.3 Å². The van der Waals surface area contributed by atoms with Crippen molar-refractivity contribution in [2.75, 3.05) is 0 Å². The third-order valence-corrected chi connectivity index (χ3v) is 4.01. The van der Waals surface area contributed by atoms with E-state index in [0.717, 1.165) is 12.1 Å². The molecular formula is C23H31NO2. The highest BCUT2D eigenvalue weighted by Crippen LogP contribution is 2.22. The van der Waals surface area contributed by atoms with Crippen LogP contribution in [0.25, 0.3) is 0 Å². The summed E-state index contributed by atoms with van der Waals surface area (Å²) in [6.07, 6.45) is 0. The number of nitrogens with one attached hydrogen (secondary N) is 1. The Morgan fingerprint density at radius 3 is 2.04 bits per heavy atom. The second-order valence-electron chi connectivity index (χ2n) is 8.76. The Morgan fingerprint density at radius 1 is 0.885 bits per heavy atom. The maximum Gasteiger partial charge on any atom is 0.338 e. The van der Waals surface area contributed by atoms with Gasteiger partial charge in [0.2, 0.25) is 0 Å². The highest BCUT2D eigenvalue weighted by molar-refractivity contribution is 5.89. The first-order chi connectivity index (χ1) is 12.0. The second-order valence-corrected chi connectivity index (χ2v) is 8.76. The van der Waals surface area contributed by atoms with Gasteiger partial charge in [0.25, 0.3) is 0 Å². The van der Waals surface area contributed by atoms with Crippen LogP contribution in [-0.2, 0) is 23.2 Å². The van der Waals surface area contributed by atoms with Gasteiger partial charge in [0, 0.05) is 13.1 Å². The third kappa shape index (κ3) is 6.30. The SMILES string of the molecule is CC(C)(C)OC(=O)c1cccc(CNCc2cccc(C(C)(C)C)c2)c1. The van der Waals surface area contributed by atoms with Gasteiger partial charge in [0.05, 0.1) is 5.56 Å². The van der Waals surface area contributed by atoms with E-state index in [2.05, 4.69) is 50.4 Å². The fourth-order valence-corrected chi connectivity index (χ4v) is 2.64. The van der Waals surface area contributed by atoms with Crippen LogP contribution in [0.5, 0.6) is 0 Å². The molecule has 0 aliphatic heterocycles. The molecular weight excluding hydrogens is 322 g/mol. The molecule has 0 radical (unpaired) electrons. The molecule has 0 fully saturated rings. The van der Waals surface area contributed by atoms with Gasteiger partial charge in [-0.25, -0.2) is 4.79 Å². The van der Waals surface area contributed by atoms with Gasteiger partial charge in [0.15, 0.2) is 0 Å². The summed E-state index contributed by atoms with van der Waals surface area (Å²) in [5, 5.41) is 3.46. The number of esters is 1. The molecule has 3 nitrogen and oxygen atoms in total. The molecule has 0 atom stereocenters. The van der Waals surface area contributed by atoms with Gasteiger partial charge in [-0.3, -0.25) is 0 Å². The summed E-state index contributed by atoms with van der Waals surface area (Å²) in [6, 6.07) is 16.3. The minimum Gasteiger partial charge on any atom is -0.456 e. The first-order valence-electron chi connectivity index (χ1n) is 9.17. The second kappa shape index (κ2) is 8.05. The monoisotopic (exact) mass is 353 g/mol. The number of rotatable bonds is 5. The van der Waals surface area contributed by atoms with Crippen molar-refractivity contribution in [3.63, 3.8) is 0 Å². The summed E-state index contributed by atoms with van der Waals surface area (Å²) in [5.41, 5.74) is 3.93. The van der Waals surface area contributed by atoms with Crippen LogP contribution < -0.4 is 5.32 Å². The van der Waals surface area contributed by atoms with Crippen LogP contribution in [0.15, 0.2) is 48.5 Å². The molecule has 0 aliphatic carbocycles. The molecule has 3 heteroatoms. The van der Waals surface area contributed by atoms with Crippen LogP contribution in [0.2, 0.25) is 0 Å². The van der Waals surface area contributed by atoms with Gasteiger partial charge in [-0.05, 0) is 55.0 Å². The van der Waals surface area contributed by atoms with Crippen LogP contribution in [0.3, 0.4) is 0 Å². The van der Waals surface area contributed by atoms with E-state index in [4.69, 9.17) is 4.74 Å². The Hall–Kier alpha value is -2.13. The molecule has 26 heavy (non-hydrogen) atoms. The number of hydrogen-bond donors (Lipinski definition) is 1. The third-order valence-electron chi connectivity index (χ3n) is 4.01. The maximum atomic E-state index is 12.2. The van der Waals surface area contributed by atoms with E-state index in [1.54, 1.807) is 6.07 Å². The van der Waals surface area contributed by atoms with Crippen molar-refractivity contribution >= 4 is 5.97 Å². The Kier molecular flexibility index (Phi) is 6.25. The molecule has 140 valence electrons. The lowest BCUT2D eigenvalue weighted by atomic mass is 9.86. The first kappa shape index (κ1) is 20.2. The highest BCUT2D eigenvalue weighted by atomic mass is 16.6. The average Bonchev–Trinajstić information content (AvgIpc) is 2.53. The fourth-order valence-electron chi connectivity index (χ4n) is 2.64. The molecule has 0 amide bonds. The summed E-state index contributed by atoms with van der Waals surface area (Å²) >= 11 is 0. The summed E-state index contributed by atoms with van der Waals surface area (Å²) in [4.78, 5) is 12.2. The van der Waals surface area contributed by atoms with E-state index < -0.39 is 5.60 Å². The fraction of sp³-hybridized carbons (Fsp3) is 0.435. The lowest BCUT2D eigenvalue weighted by molar-refractivity contribution is 0.00694. The van der Waals surface area contributed by atoms with Crippen LogP contribution in [0.1, 0.15) is 68.6 Å². The lowest BCUT2D eigenvalue weighted by Gasteiger charge is -2.20. The van der Waals surface area contributed by atoms with Crippen molar-refractivity contribution in [3.05, 3.63) is 70.8 Å². The molecule has 0 saturated heterocycles. The van der Waals surface area contributed by atoms with E-state index in [1.165, 1.54) is 11.1 Å². The van der Waals surface area contributed by atoms with Crippen molar-refractivity contribution in [1.82, 2.24) is 5.32 Å². The zero-order valence-electron chi connectivity index (χ0n) is 16.8. The summed E-state index contributed by atoms with van der Waals surface area (Å²) in [6.45, 7) is 13.8. The van der Waals surface area contributed by atoms with Crippen LogP contribution in [-0.4, -0.2) is 11.6 Å². The van der Waals surface area contributed by atoms with Gasteiger partial charge in [-0.2, -0.15) is 0 Å². The number of benzene rings is 2. The quantitative estimate of drug-likeness (QED) is 0.748. The van der Waals surface area contributed by atoms with Crippen LogP contribution >= 0.6 is 0 Å². The van der Waals surface area contributed by atoms with Crippen LogP contribution in [0, 0.1) is 0 Å². The van der Waals surface area contributed by atoms with Gasteiger partial charge >= 0.3 is 5.97 Å². The number of carbonyl (C=O) groups excluding carboxylic acids is 1. The van der Waals surface area contributed by atoms with Gasteiger partial charge in [-0.1, -0.05) is 57.2 Å². The standard InChI is InChI=1S/C23H31NO2/c1-22(2,3)20-12-8-10-18(14-20)16-24-15-17-9-7-11-19(13-17)21(25)26-23(4,5)6/h7-14,24H,15-16H2,1-6H3. The maximum absolute atomic E-state index is 12.2. The van der Waals surface area contributed by atoms with E-state index in [1.807, 2.05) is 39.0 Å². The van der Waals surface area contributed by atoms with E-state index in [-0.39, 0.29) is 11.4 Å². The van der Waals surface area contributed by atoms with Gasteiger partial charge in [-0.15, -0.1) is 0 Å². The highest BCUT2D eigenvalue weighted by Gasteiger charge is 2.18. The molecule has 2 rings (SSSR count). The number of ether oxygens (including phenoxy) is 1. The minimum atomic E-state index is -0.483. The largest absolute Gasteiger partial charge is 0.456 e. The predicted octanol–water partition coefficient (Wildman–Crippen LogP) is 5.23. The summed E-state index contributed by atoms with van der Waals surface area (Å²) in [7, 11) is 0. The van der Waals surface area contributed by atoms with E-state index in [9.17, 15) is 4.79 Å². The molecule has 0 bridgehead atoms. The van der Waals surface area contributed by atoms with Crippen molar-refractivity contribution in [2.24, 2.45) is 0 Å². The Morgan fingerprint density at radius 2 is 1.46 bits per heavy atom. The molecule has 0 aromatic heterocycles. The molecule has 1 N–H and O–H groups in total. The van der Waals surface area contributed by atoms with E-state index in [0.29, 0.717) is 12.1 Å². The normalized spacial score (nSPS) is 12.1. The molecule has 2 aromatic rings.